The number of benzene rings is 2. The zero-order chi connectivity index (χ0) is 16.3. The second kappa shape index (κ2) is 6.50. The maximum absolute atomic E-state index is 12.5. The summed E-state index contributed by atoms with van der Waals surface area (Å²) in [6, 6.07) is 13.6. The highest BCUT2D eigenvalue weighted by molar-refractivity contribution is 7.92. The first-order chi connectivity index (χ1) is 10.3. The Bertz CT molecular complexity index is 737. The van der Waals surface area contributed by atoms with Crippen LogP contribution in [0.4, 0.5) is 5.69 Å². The Morgan fingerprint density at radius 3 is 2.18 bits per heavy atom. The van der Waals surface area contributed by atoms with Crippen LogP contribution in [-0.2, 0) is 10.0 Å². The fourth-order valence-electron chi connectivity index (χ4n) is 2.13. The zero-order valence-electron chi connectivity index (χ0n) is 12.9. The zero-order valence-corrected chi connectivity index (χ0v) is 13.8. The third-order valence-electron chi connectivity index (χ3n) is 3.49. The third kappa shape index (κ3) is 3.67. The molecule has 118 valence electrons. The van der Waals surface area contributed by atoms with E-state index in [1.807, 2.05) is 20.8 Å². The summed E-state index contributed by atoms with van der Waals surface area (Å²) in [6.07, 6.45) is -0.725. The average Bonchev–Trinajstić information content (AvgIpc) is 2.47. The molecule has 2 N–H and O–H groups in total. The Kier molecular flexibility index (Phi) is 4.88. The van der Waals surface area contributed by atoms with E-state index in [0.29, 0.717) is 11.3 Å². The van der Waals surface area contributed by atoms with E-state index in [1.54, 1.807) is 48.5 Å². The number of nitrogens with one attached hydrogen (secondary N) is 1. The molecule has 2 aromatic rings. The summed E-state index contributed by atoms with van der Waals surface area (Å²) in [5.41, 5.74) is 1.98. The van der Waals surface area contributed by atoms with E-state index >= 15 is 0 Å². The monoisotopic (exact) mass is 319 g/mol. The number of aliphatic hydroxyl groups excluding tert-OH is 1. The van der Waals surface area contributed by atoms with Crippen LogP contribution in [0.2, 0.25) is 0 Å². The van der Waals surface area contributed by atoms with Gasteiger partial charge < -0.3 is 5.11 Å². The van der Waals surface area contributed by atoms with E-state index in [0.717, 1.165) is 5.56 Å². The second-order valence-corrected chi connectivity index (χ2v) is 7.38. The molecule has 4 nitrogen and oxygen atoms in total. The predicted molar refractivity (Wildman–Crippen MR) is 88.2 cm³/mol. The van der Waals surface area contributed by atoms with Crippen LogP contribution in [0.25, 0.3) is 0 Å². The van der Waals surface area contributed by atoms with Crippen molar-refractivity contribution in [3.8, 4) is 0 Å². The lowest BCUT2D eigenvalue weighted by atomic mass is 9.98. The van der Waals surface area contributed by atoms with Crippen LogP contribution in [0.1, 0.15) is 31.1 Å². The number of hydrogen-bond donors (Lipinski definition) is 2. The molecule has 0 heterocycles. The summed E-state index contributed by atoms with van der Waals surface area (Å²) in [6.45, 7) is 5.67. The lowest BCUT2D eigenvalue weighted by Crippen LogP contribution is -2.16. The fourth-order valence-corrected chi connectivity index (χ4v) is 3.22. The molecule has 0 saturated heterocycles. The minimum Gasteiger partial charge on any atom is -0.388 e. The molecule has 0 aliphatic rings. The summed E-state index contributed by atoms with van der Waals surface area (Å²) < 4.78 is 27.5. The number of aliphatic hydroxyl groups is 1. The highest BCUT2D eigenvalue weighted by Crippen LogP contribution is 2.29. The maximum atomic E-state index is 12.5. The van der Waals surface area contributed by atoms with Crippen LogP contribution in [-0.4, -0.2) is 13.5 Å². The Hall–Kier alpha value is -1.85. The van der Waals surface area contributed by atoms with E-state index in [2.05, 4.69) is 4.72 Å². The second-order valence-electron chi connectivity index (χ2n) is 5.69. The van der Waals surface area contributed by atoms with Crippen molar-refractivity contribution in [3.63, 3.8) is 0 Å². The van der Waals surface area contributed by atoms with Crippen LogP contribution >= 0.6 is 0 Å². The molecule has 0 saturated carbocycles. The first kappa shape index (κ1) is 16.5. The SMILES string of the molecule is Cc1ccc(S(=O)(=O)Nc2ccccc2C(O)C(C)C)cc1. The normalized spacial score (nSPS) is 13.1. The van der Waals surface area contributed by atoms with Crippen molar-refractivity contribution in [3.05, 3.63) is 59.7 Å². The Morgan fingerprint density at radius 1 is 1.00 bits per heavy atom. The van der Waals surface area contributed by atoms with E-state index in [9.17, 15) is 13.5 Å². The number of rotatable bonds is 5. The van der Waals surface area contributed by atoms with Gasteiger partial charge in [0.25, 0.3) is 10.0 Å². The number of anilines is 1. The molecular formula is C17H21NO3S. The largest absolute Gasteiger partial charge is 0.388 e. The van der Waals surface area contributed by atoms with E-state index in [4.69, 9.17) is 0 Å². The topological polar surface area (TPSA) is 66.4 Å². The minimum atomic E-state index is -3.67. The summed E-state index contributed by atoms with van der Waals surface area (Å²) in [5.74, 6) is -0.00923. The fraction of sp³-hybridized carbons (Fsp3) is 0.294. The summed E-state index contributed by atoms with van der Waals surface area (Å²) in [4.78, 5) is 0.201. The van der Waals surface area contributed by atoms with Crippen molar-refractivity contribution in [2.75, 3.05) is 4.72 Å². The average molecular weight is 319 g/mol. The van der Waals surface area contributed by atoms with Crippen molar-refractivity contribution in [1.29, 1.82) is 0 Å². The molecule has 0 bridgehead atoms. The molecule has 0 radical (unpaired) electrons. The van der Waals surface area contributed by atoms with Crippen molar-refractivity contribution in [1.82, 2.24) is 0 Å². The van der Waals surface area contributed by atoms with Gasteiger partial charge in [-0.2, -0.15) is 0 Å². The first-order valence-electron chi connectivity index (χ1n) is 7.18. The van der Waals surface area contributed by atoms with Crippen LogP contribution in [0, 0.1) is 12.8 Å². The third-order valence-corrected chi connectivity index (χ3v) is 4.87. The van der Waals surface area contributed by atoms with Crippen LogP contribution in [0.5, 0.6) is 0 Å². The Morgan fingerprint density at radius 2 is 1.59 bits per heavy atom. The Balaban J connectivity index is 2.36. The lowest BCUT2D eigenvalue weighted by Gasteiger charge is -2.19. The number of sulfonamides is 1. The summed E-state index contributed by atoms with van der Waals surface area (Å²) >= 11 is 0. The van der Waals surface area contributed by atoms with Gasteiger partial charge in [0.2, 0.25) is 0 Å². The van der Waals surface area contributed by atoms with Gasteiger partial charge in [-0.15, -0.1) is 0 Å². The molecule has 1 unspecified atom stereocenters. The van der Waals surface area contributed by atoms with Gasteiger partial charge in [0.05, 0.1) is 16.7 Å². The molecule has 22 heavy (non-hydrogen) atoms. The van der Waals surface area contributed by atoms with Gasteiger partial charge in [0.1, 0.15) is 0 Å². The van der Waals surface area contributed by atoms with Crippen LogP contribution in [0.15, 0.2) is 53.4 Å². The molecule has 0 spiro atoms. The van der Waals surface area contributed by atoms with E-state index in [-0.39, 0.29) is 10.8 Å². The summed E-state index contributed by atoms with van der Waals surface area (Å²) in [7, 11) is -3.67. The van der Waals surface area contributed by atoms with Gasteiger partial charge in [0, 0.05) is 5.56 Å². The number of para-hydroxylation sites is 1. The molecule has 0 fully saturated rings. The van der Waals surface area contributed by atoms with Crippen LogP contribution in [0.3, 0.4) is 0 Å². The van der Waals surface area contributed by atoms with Crippen molar-refractivity contribution in [2.24, 2.45) is 5.92 Å². The maximum Gasteiger partial charge on any atom is 0.261 e. The molecular weight excluding hydrogens is 298 g/mol. The Labute approximate surface area is 131 Å². The molecule has 0 aromatic heterocycles. The van der Waals surface area contributed by atoms with Crippen LogP contribution < -0.4 is 4.72 Å². The van der Waals surface area contributed by atoms with Gasteiger partial charge in [-0.25, -0.2) is 8.42 Å². The molecule has 1 atom stereocenters. The van der Waals surface area contributed by atoms with Gasteiger partial charge in [-0.05, 0) is 31.0 Å². The van der Waals surface area contributed by atoms with Crippen molar-refractivity contribution in [2.45, 2.75) is 31.8 Å². The van der Waals surface area contributed by atoms with E-state index in [1.165, 1.54) is 0 Å². The van der Waals surface area contributed by atoms with Gasteiger partial charge in [0.15, 0.2) is 0 Å². The molecule has 2 rings (SSSR count). The van der Waals surface area contributed by atoms with Gasteiger partial charge in [-0.3, -0.25) is 4.72 Å². The van der Waals surface area contributed by atoms with Gasteiger partial charge in [-0.1, -0.05) is 49.7 Å². The van der Waals surface area contributed by atoms with Crippen molar-refractivity contribution < 1.29 is 13.5 Å². The molecule has 5 heteroatoms. The molecule has 0 aliphatic heterocycles. The standard InChI is InChI=1S/C17H21NO3S/c1-12(2)17(19)15-6-4-5-7-16(15)18-22(20,21)14-10-8-13(3)9-11-14/h4-12,17-19H,1-3H3. The predicted octanol–water partition coefficient (Wildman–Crippen LogP) is 3.49. The molecule has 2 aromatic carbocycles. The minimum absolute atomic E-state index is 0.00923. The molecule has 0 aliphatic carbocycles. The first-order valence-corrected chi connectivity index (χ1v) is 8.66. The quantitative estimate of drug-likeness (QED) is 0.886. The number of aryl methyl sites for hydroxylation is 1. The highest BCUT2D eigenvalue weighted by Gasteiger charge is 2.20. The smallest absolute Gasteiger partial charge is 0.261 e. The lowest BCUT2D eigenvalue weighted by molar-refractivity contribution is 0.127. The molecule has 0 amide bonds. The van der Waals surface area contributed by atoms with Crippen molar-refractivity contribution >= 4 is 15.7 Å². The van der Waals surface area contributed by atoms with Gasteiger partial charge >= 0.3 is 0 Å². The van der Waals surface area contributed by atoms with E-state index < -0.39 is 16.1 Å². The highest BCUT2D eigenvalue weighted by atomic mass is 32.2. The number of hydrogen-bond acceptors (Lipinski definition) is 3. The summed E-state index contributed by atoms with van der Waals surface area (Å²) in [5, 5.41) is 10.2.